The Hall–Kier alpha value is -1.99. The highest BCUT2D eigenvalue weighted by molar-refractivity contribution is 5.86. The molecule has 0 aliphatic carbocycles. The van der Waals surface area contributed by atoms with E-state index in [1.807, 2.05) is 0 Å². The lowest BCUT2D eigenvalue weighted by molar-refractivity contribution is 0.263. The minimum Gasteiger partial charge on any atom is -0.390 e. The van der Waals surface area contributed by atoms with Crippen molar-refractivity contribution in [3.05, 3.63) is 17.8 Å². The first-order valence-corrected chi connectivity index (χ1v) is 7.15. The first-order chi connectivity index (χ1) is 10.2. The molecule has 0 aromatic carbocycles. The minimum atomic E-state index is -0.114. The van der Waals surface area contributed by atoms with Crippen LogP contribution in [0.5, 0.6) is 0 Å². The second-order valence-electron chi connectivity index (χ2n) is 5.49. The van der Waals surface area contributed by atoms with Gasteiger partial charge in [0, 0.05) is 6.04 Å². The molecule has 0 unspecified atom stereocenters. The SMILES string of the molecule is CN1CCC(Nc2nc(N)c3ccc(CO)nc3n2)CC1. The van der Waals surface area contributed by atoms with Gasteiger partial charge in [-0.25, -0.2) is 4.98 Å². The highest BCUT2D eigenvalue weighted by Crippen LogP contribution is 2.20. The van der Waals surface area contributed by atoms with E-state index < -0.39 is 0 Å². The molecular weight excluding hydrogens is 268 g/mol. The van der Waals surface area contributed by atoms with Crippen LogP contribution in [-0.2, 0) is 6.61 Å². The van der Waals surface area contributed by atoms with Gasteiger partial charge in [-0.3, -0.25) is 0 Å². The third kappa shape index (κ3) is 3.03. The average molecular weight is 288 g/mol. The molecule has 7 heteroatoms. The number of nitrogen functional groups attached to an aromatic ring is 1. The average Bonchev–Trinajstić information content (AvgIpc) is 2.49. The van der Waals surface area contributed by atoms with Crippen LogP contribution in [0.15, 0.2) is 12.1 Å². The summed E-state index contributed by atoms with van der Waals surface area (Å²) in [6, 6.07) is 3.88. The van der Waals surface area contributed by atoms with Gasteiger partial charge in [0.1, 0.15) is 5.82 Å². The van der Waals surface area contributed by atoms with Crippen molar-refractivity contribution in [2.45, 2.75) is 25.5 Å². The number of rotatable bonds is 3. The Labute approximate surface area is 123 Å². The first kappa shape index (κ1) is 14.0. The highest BCUT2D eigenvalue weighted by atomic mass is 16.3. The topological polar surface area (TPSA) is 100 Å². The molecule has 1 fully saturated rings. The Morgan fingerprint density at radius 3 is 2.76 bits per heavy atom. The number of fused-ring (bicyclic) bond motifs is 1. The minimum absolute atomic E-state index is 0.114. The normalized spacial score (nSPS) is 17.2. The fourth-order valence-electron chi connectivity index (χ4n) is 2.56. The third-order valence-corrected chi connectivity index (χ3v) is 3.86. The molecule has 2 aromatic heterocycles. The van der Waals surface area contributed by atoms with Crippen LogP contribution in [0.3, 0.4) is 0 Å². The summed E-state index contributed by atoms with van der Waals surface area (Å²) in [4.78, 5) is 15.3. The summed E-state index contributed by atoms with van der Waals surface area (Å²) in [6.07, 6.45) is 2.11. The van der Waals surface area contributed by atoms with Gasteiger partial charge in [0.2, 0.25) is 5.95 Å². The second kappa shape index (κ2) is 5.79. The van der Waals surface area contributed by atoms with E-state index in [9.17, 15) is 0 Å². The van der Waals surface area contributed by atoms with E-state index in [1.54, 1.807) is 12.1 Å². The molecule has 7 nitrogen and oxygen atoms in total. The maximum absolute atomic E-state index is 9.16. The number of anilines is 2. The van der Waals surface area contributed by atoms with E-state index in [-0.39, 0.29) is 6.61 Å². The predicted octanol–water partition coefficient (Wildman–Crippen LogP) is 0.605. The quantitative estimate of drug-likeness (QED) is 0.760. The molecule has 1 saturated heterocycles. The number of aliphatic hydroxyl groups is 1. The van der Waals surface area contributed by atoms with Crippen molar-refractivity contribution < 1.29 is 5.11 Å². The molecular formula is C14H20N6O. The zero-order valence-corrected chi connectivity index (χ0v) is 12.1. The molecule has 0 bridgehead atoms. The fourth-order valence-corrected chi connectivity index (χ4v) is 2.56. The Bertz CT molecular complexity index is 639. The van der Waals surface area contributed by atoms with Gasteiger partial charge in [0.15, 0.2) is 5.65 Å². The number of aromatic nitrogens is 3. The maximum Gasteiger partial charge on any atom is 0.226 e. The summed E-state index contributed by atoms with van der Waals surface area (Å²) in [5, 5.41) is 13.2. The predicted molar refractivity (Wildman–Crippen MR) is 81.8 cm³/mol. The number of hydrogen-bond acceptors (Lipinski definition) is 7. The lowest BCUT2D eigenvalue weighted by Gasteiger charge is -2.29. The Morgan fingerprint density at radius 1 is 1.29 bits per heavy atom. The summed E-state index contributed by atoms with van der Waals surface area (Å²) in [5.74, 6) is 0.921. The van der Waals surface area contributed by atoms with Crippen molar-refractivity contribution >= 4 is 22.8 Å². The molecule has 4 N–H and O–H groups in total. The molecule has 0 spiro atoms. The molecule has 21 heavy (non-hydrogen) atoms. The van der Waals surface area contributed by atoms with Crippen molar-refractivity contribution in [3.63, 3.8) is 0 Å². The van der Waals surface area contributed by atoms with Crippen LogP contribution in [0.1, 0.15) is 18.5 Å². The standard InChI is InChI=1S/C14H20N6O/c1-20-6-4-9(5-7-20)17-14-18-12(15)11-3-2-10(8-21)16-13(11)19-14/h2-3,9,21H,4-8H2,1H3,(H3,15,16,17,18,19). The first-order valence-electron chi connectivity index (χ1n) is 7.15. The molecule has 0 amide bonds. The van der Waals surface area contributed by atoms with Gasteiger partial charge in [0.05, 0.1) is 17.7 Å². The van der Waals surface area contributed by atoms with Gasteiger partial charge in [0.25, 0.3) is 0 Å². The fraction of sp³-hybridized carbons (Fsp3) is 0.500. The molecule has 3 rings (SSSR count). The van der Waals surface area contributed by atoms with Crippen LogP contribution in [0, 0.1) is 0 Å². The molecule has 0 saturated carbocycles. The van der Waals surface area contributed by atoms with Crippen molar-refractivity contribution in [1.29, 1.82) is 0 Å². The number of pyridine rings is 1. The lowest BCUT2D eigenvalue weighted by Crippen LogP contribution is -2.37. The van der Waals surface area contributed by atoms with E-state index in [2.05, 4.69) is 32.2 Å². The van der Waals surface area contributed by atoms with Crippen LogP contribution < -0.4 is 11.1 Å². The lowest BCUT2D eigenvalue weighted by atomic mass is 10.1. The number of nitrogens with zero attached hydrogens (tertiary/aromatic N) is 4. The summed E-state index contributed by atoms with van der Waals surface area (Å²) in [6.45, 7) is 2.01. The Morgan fingerprint density at radius 2 is 2.05 bits per heavy atom. The van der Waals surface area contributed by atoms with E-state index in [1.165, 1.54) is 0 Å². The van der Waals surface area contributed by atoms with Crippen LogP contribution in [0.25, 0.3) is 11.0 Å². The molecule has 0 radical (unpaired) electrons. The van der Waals surface area contributed by atoms with E-state index >= 15 is 0 Å². The summed E-state index contributed by atoms with van der Waals surface area (Å²) >= 11 is 0. The second-order valence-corrected chi connectivity index (χ2v) is 5.49. The summed E-state index contributed by atoms with van der Waals surface area (Å²) in [7, 11) is 2.13. The van der Waals surface area contributed by atoms with Gasteiger partial charge in [-0.1, -0.05) is 0 Å². The monoisotopic (exact) mass is 288 g/mol. The van der Waals surface area contributed by atoms with E-state index in [0.29, 0.717) is 34.5 Å². The number of likely N-dealkylation sites (tertiary alicyclic amines) is 1. The summed E-state index contributed by atoms with van der Waals surface area (Å²) < 4.78 is 0. The largest absolute Gasteiger partial charge is 0.390 e. The number of aliphatic hydroxyl groups excluding tert-OH is 1. The van der Waals surface area contributed by atoms with Crippen molar-refractivity contribution in [1.82, 2.24) is 19.9 Å². The van der Waals surface area contributed by atoms with Crippen molar-refractivity contribution in [3.8, 4) is 0 Å². The number of piperidine rings is 1. The molecule has 1 aliphatic rings. The zero-order chi connectivity index (χ0) is 14.8. The van der Waals surface area contributed by atoms with Crippen LogP contribution in [-0.4, -0.2) is 51.1 Å². The molecule has 3 heterocycles. The van der Waals surface area contributed by atoms with Crippen LogP contribution in [0.4, 0.5) is 11.8 Å². The highest BCUT2D eigenvalue weighted by Gasteiger charge is 2.18. The molecule has 0 atom stereocenters. The summed E-state index contributed by atoms with van der Waals surface area (Å²) in [5.41, 5.74) is 7.07. The Balaban J connectivity index is 1.85. The van der Waals surface area contributed by atoms with Crippen molar-refractivity contribution in [2.24, 2.45) is 0 Å². The molecule has 112 valence electrons. The maximum atomic E-state index is 9.16. The number of nitrogens with two attached hydrogens (primary N) is 1. The van der Waals surface area contributed by atoms with E-state index in [4.69, 9.17) is 10.8 Å². The van der Waals surface area contributed by atoms with Gasteiger partial charge in [-0.15, -0.1) is 0 Å². The number of hydrogen-bond donors (Lipinski definition) is 3. The van der Waals surface area contributed by atoms with Crippen LogP contribution >= 0.6 is 0 Å². The van der Waals surface area contributed by atoms with Crippen molar-refractivity contribution in [2.75, 3.05) is 31.2 Å². The van der Waals surface area contributed by atoms with Gasteiger partial charge in [-0.2, -0.15) is 9.97 Å². The van der Waals surface area contributed by atoms with Crippen LogP contribution in [0.2, 0.25) is 0 Å². The Kier molecular flexibility index (Phi) is 3.85. The number of nitrogens with one attached hydrogen (secondary N) is 1. The van der Waals surface area contributed by atoms with Gasteiger partial charge < -0.3 is 21.1 Å². The van der Waals surface area contributed by atoms with Gasteiger partial charge >= 0.3 is 0 Å². The van der Waals surface area contributed by atoms with E-state index in [0.717, 1.165) is 25.9 Å². The molecule has 2 aromatic rings. The van der Waals surface area contributed by atoms with Gasteiger partial charge in [-0.05, 0) is 45.1 Å². The smallest absolute Gasteiger partial charge is 0.226 e. The molecule has 1 aliphatic heterocycles. The zero-order valence-electron chi connectivity index (χ0n) is 12.1. The third-order valence-electron chi connectivity index (χ3n) is 3.86.